The number of hydrogen-bond donors (Lipinski definition) is 1. The van der Waals surface area contributed by atoms with Crippen LogP contribution in [-0.2, 0) is 6.18 Å². The van der Waals surface area contributed by atoms with Crippen molar-refractivity contribution in [1.82, 2.24) is 10.2 Å². The first-order valence-electron chi connectivity index (χ1n) is 4.49. The quantitative estimate of drug-likeness (QED) is 0.905. The lowest BCUT2D eigenvalue weighted by Crippen LogP contribution is -2.04. The zero-order valence-electron chi connectivity index (χ0n) is 8.42. The summed E-state index contributed by atoms with van der Waals surface area (Å²) in [6, 6.07) is 4.18. The van der Waals surface area contributed by atoms with E-state index in [1.54, 1.807) is 6.07 Å². The second-order valence-electron chi connectivity index (χ2n) is 3.14. The molecule has 4 nitrogen and oxygen atoms in total. The number of rotatable bonds is 2. The van der Waals surface area contributed by atoms with Crippen molar-refractivity contribution in [2.75, 3.05) is 5.32 Å². The Bertz CT molecular complexity index is 570. The molecule has 0 atom stereocenters. The lowest BCUT2D eigenvalue weighted by Gasteiger charge is -2.04. The maximum atomic E-state index is 12.2. The number of halogens is 5. The highest BCUT2D eigenvalue weighted by atomic mass is 35.5. The molecule has 18 heavy (non-hydrogen) atoms. The van der Waals surface area contributed by atoms with E-state index >= 15 is 0 Å². The van der Waals surface area contributed by atoms with E-state index < -0.39 is 18.1 Å². The van der Waals surface area contributed by atoms with E-state index in [1.165, 1.54) is 12.1 Å². The molecule has 0 unspecified atom stereocenters. The third-order valence-corrected chi connectivity index (χ3v) is 2.68. The van der Waals surface area contributed by atoms with Gasteiger partial charge in [0.05, 0.1) is 15.7 Å². The number of benzene rings is 1. The van der Waals surface area contributed by atoms with Crippen molar-refractivity contribution in [3.05, 3.63) is 34.1 Å². The highest BCUT2D eigenvalue weighted by molar-refractivity contribution is 6.43. The van der Waals surface area contributed by atoms with Crippen LogP contribution in [0.5, 0.6) is 0 Å². The van der Waals surface area contributed by atoms with E-state index in [9.17, 15) is 13.2 Å². The number of anilines is 2. The molecular weight excluding hydrogens is 294 g/mol. The van der Waals surface area contributed by atoms with Gasteiger partial charge in [0, 0.05) is 0 Å². The number of hydrogen-bond acceptors (Lipinski definition) is 4. The summed E-state index contributed by atoms with van der Waals surface area (Å²) in [4.78, 5) is 0. The van der Waals surface area contributed by atoms with Crippen LogP contribution in [0.4, 0.5) is 24.9 Å². The normalized spacial score (nSPS) is 11.6. The second kappa shape index (κ2) is 4.66. The molecule has 96 valence electrons. The Hall–Kier alpha value is -1.47. The van der Waals surface area contributed by atoms with E-state index in [4.69, 9.17) is 23.2 Å². The topological polar surface area (TPSA) is 51.0 Å². The van der Waals surface area contributed by atoms with E-state index in [1.807, 2.05) is 0 Å². The Morgan fingerprint density at radius 1 is 1.17 bits per heavy atom. The number of aromatic nitrogens is 2. The minimum Gasteiger partial charge on any atom is -0.399 e. The predicted molar refractivity (Wildman–Crippen MR) is 59.0 cm³/mol. The molecule has 9 heteroatoms. The highest BCUT2D eigenvalue weighted by Crippen LogP contribution is 2.33. The highest BCUT2D eigenvalue weighted by Gasteiger charge is 2.38. The summed E-state index contributed by atoms with van der Waals surface area (Å²) < 4.78 is 41.0. The summed E-state index contributed by atoms with van der Waals surface area (Å²) in [7, 11) is 0. The van der Waals surface area contributed by atoms with Crippen molar-refractivity contribution < 1.29 is 17.6 Å². The van der Waals surface area contributed by atoms with Crippen molar-refractivity contribution in [2.24, 2.45) is 0 Å². The van der Waals surface area contributed by atoms with Crippen LogP contribution in [0.2, 0.25) is 10.0 Å². The summed E-state index contributed by atoms with van der Waals surface area (Å²) in [5.74, 6) is -1.44. The molecule has 1 N–H and O–H groups in total. The van der Waals surface area contributed by atoms with Gasteiger partial charge < -0.3 is 9.73 Å². The summed E-state index contributed by atoms with van der Waals surface area (Å²) in [5.41, 5.74) is 0.265. The first-order valence-corrected chi connectivity index (χ1v) is 5.25. The molecule has 0 spiro atoms. The van der Waals surface area contributed by atoms with Crippen LogP contribution < -0.4 is 5.32 Å². The second-order valence-corrected chi connectivity index (χ2v) is 3.92. The molecule has 1 aromatic carbocycles. The van der Waals surface area contributed by atoms with Gasteiger partial charge in [0.25, 0.3) is 0 Å². The first-order chi connectivity index (χ1) is 8.38. The molecule has 0 saturated carbocycles. The molecule has 0 fully saturated rings. The standard InChI is InChI=1S/C9H4Cl2F3N3O/c10-4-2-1-3-5(6(4)11)15-8-17-16-7(18-8)9(12,13)14/h1-3H,(H,15,17). The van der Waals surface area contributed by atoms with E-state index in [0.717, 1.165) is 0 Å². The van der Waals surface area contributed by atoms with Crippen LogP contribution in [0.1, 0.15) is 5.89 Å². The third kappa shape index (κ3) is 2.68. The van der Waals surface area contributed by atoms with E-state index in [0.29, 0.717) is 0 Å². The van der Waals surface area contributed by atoms with Gasteiger partial charge in [0.2, 0.25) is 0 Å². The molecule has 2 aromatic rings. The minimum atomic E-state index is -4.69. The predicted octanol–water partition coefficient (Wildman–Crippen LogP) is 4.14. The fourth-order valence-electron chi connectivity index (χ4n) is 1.10. The largest absolute Gasteiger partial charge is 0.470 e. The van der Waals surface area contributed by atoms with Gasteiger partial charge >= 0.3 is 18.1 Å². The SMILES string of the molecule is FC(F)(F)c1nnc(Nc2cccc(Cl)c2Cl)o1. The van der Waals surface area contributed by atoms with E-state index in [-0.39, 0.29) is 15.7 Å². The third-order valence-electron chi connectivity index (χ3n) is 1.86. The molecule has 1 aromatic heterocycles. The smallest absolute Gasteiger partial charge is 0.399 e. The van der Waals surface area contributed by atoms with E-state index in [2.05, 4.69) is 19.9 Å². The first kappa shape index (κ1) is 13.0. The fourth-order valence-corrected chi connectivity index (χ4v) is 1.45. The molecule has 2 rings (SSSR count). The van der Waals surface area contributed by atoms with Gasteiger partial charge in [-0.05, 0) is 12.1 Å². The van der Waals surface area contributed by atoms with Crippen LogP contribution in [0, 0.1) is 0 Å². The lowest BCUT2D eigenvalue weighted by atomic mass is 10.3. The van der Waals surface area contributed by atoms with Crippen molar-refractivity contribution in [1.29, 1.82) is 0 Å². The van der Waals surface area contributed by atoms with Crippen LogP contribution in [-0.4, -0.2) is 10.2 Å². The Balaban J connectivity index is 2.24. The van der Waals surface area contributed by atoms with Crippen LogP contribution >= 0.6 is 23.2 Å². The molecule has 0 saturated heterocycles. The molecule has 0 aliphatic heterocycles. The number of alkyl halides is 3. The monoisotopic (exact) mass is 297 g/mol. The van der Waals surface area contributed by atoms with Gasteiger partial charge in [-0.1, -0.05) is 34.4 Å². The zero-order chi connectivity index (χ0) is 13.3. The molecule has 0 bridgehead atoms. The maximum absolute atomic E-state index is 12.2. The molecule has 0 aliphatic carbocycles. The van der Waals surface area contributed by atoms with Crippen LogP contribution in [0.3, 0.4) is 0 Å². The van der Waals surface area contributed by atoms with Crippen LogP contribution in [0.15, 0.2) is 22.6 Å². The summed E-state index contributed by atoms with van der Waals surface area (Å²) in [6.45, 7) is 0. The van der Waals surface area contributed by atoms with Gasteiger partial charge in [-0.3, -0.25) is 0 Å². The van der Waals surface area contributed by atoms with Gasteiger partial charge in [0.15, 0.2) is 0 Å². The Labute approximate surface area is 109 Å². The van der Waals surface area contributed by atoms with Crippen molar-refractivity contribution >= 4 is 34.9 Å². The minimum absolute atomic E-state index is 0.144. The van der Waals surface area contributed by atoms with Gasteiger partial charge in [-0.2, -0.15) is 13.2 Å². The van der Waals surface area contributed by atoms with Crippen molar-refractivity contribution in [2.45, 2.75) is 6.18 Å². The fraction of sp³-hybridized carbons (Fsp3) is 0.111. The zero-order valence-corrected chi connectivity index (χ0v) is 9.94. The Morgan fingerprint density at radius 3 is 2.50 bits per heavy atom. The maximum Gasteiger partial charge on any atom is 0.470 e. The van der Waals surface area contributed by atoms with Crippen LogP contribution in [0.25, 0.3) is 0 Å². The molecule has 0 amide bonds. The molecule has 1 heterocycles. The van der Waals surface area contributed by atoms with Gasteiger partial charge in [-0.25, -0.2) is 0 Å². The molecule has 0 radical (unpaired) electrons. The summed E-state index contributed by atoms with van der Waals surface area (Å²) in [6.07, 6.45) is -4.69. The molecule has 0 aliphatic rings. The van der Waals surface area contributed by atoms with Crippen molar-refractivity contribution in [3.63, 3.8) is 0 Å². The Morgan fingerprint density at radius 2 is 1.89 bits per heavy atom. The number of nitrogens with one attached hydrogen (secondary N) is 1. The number of nitrogens with zero attached hydrogens (tertiary/aromatic N) is 2. The average molecular weight is 298 g/mol. The average Bonchev–Trinajstić information content (AvgIpc) is 2.73. The summed E-state index contributed by atoms with van der Waals surface area (Å²) in [5, 5.41) is 8.90. The van der Waals surface area contributed by atoms with Gasteiger partial charge in [0.1, 0.15) is 0 Å². The molecular formula is C9H4Cl2F3N3O. The Kier molecular flexibility index (Phi) is 3.36. The van der Waals surface area contributed by atoms with Crippen molar-refractivity contribution in [3.8, 4) is 0 Å². The van der Waals surface area contributed by atoms with Gasteiger partial charge in [-0.15, -0.1) is 5.10 Å². The summed E-state index contributed by atoms with van der Waals surface area (Å²) >= 11 is 11.6. The lowest BCUT2D eigenvalue weighted by molar-refractivity contribution is -0.156.